The number of nitrogens with zero attached hydrogens (tertiary/aromatic N) is 1. The molecule has 0 amide bonds. The van der Waals surface area contributed by atoms with Crippen molar-refractivity contribution in [2.24, 2.45) is 0 Å². The van der Waals surface area contributed by atoms with Crippen LogP contribution in [0, 0.1) is 12.7 Å². The van der Waals surface area contributed by atoms with Gasteiger partial charge in [-0.1, -0.05) is 17.7 Å². The Bertz CT molecular complexity index is 1020. The SMILES string of the molecule is COC(=O)C1=CN(c2ccc(C)c(Cl)c2)c2cc(F)ccc2S1(=O)=O. The van der Waals surface area contributed by atoms with E-state index in [4.69, 9.17) is 11.6 Å². The Kier molecular flexibility index (Phi) is 4.30. The molecule has 130 valence electrons. The van der Waals surface area contributed by atoms with Gasteiger partial charge in [0.15, 0.2) is 4.91 Å². The fourth-order valence-corrected chi connectivity index (χ4v) is 4.13. The Morgan fingerprint density at radius 3 is 2.56 bits per heavy atom. The summed E-state index contributed by atoms with van der Waals surface area (Å²) in [5, 5.41) is 0.455. The summed E-state index contributed by atoms with van der Waals surface area (Å²) in [4.78, 5) is 12.6. The first-order valence-electron chi connectivity index (χ1n) is 7.16. The van der Waals surface area contributed by atoms with Gasteiger partial charge in [0.25, 0.3) is 0 Å². The van der Waals surface area contributed by atoms with Crippen LogP contribution in [0.1, 0.15) is 5.56 Å². The monoisotopic (exact) mass is 381 g/mol. The number of ether oxygens (including phenoxy) is 1. The van der Waals surface area contributed by atoms with Gasteiger partial charge in [-0.15, -0.1) is 0 Å². The molecule has 0 saturated heterocycles. The Morgan fingerprint density at radius 2 is 1.92 bits per heavy atom. The number of carbonyl (C=O) groups excluding carboxylic acids is 1. The minimum absolute atomic E-state index is 0.0903. The quantitative estimate of drug-likeness (QED) is 0.586. The van der Waals surface area contributed by atoms with Crippen LogP contribution in [0.5, 0.6) is 0 Å². The van der Waals surface area contributed by atoms with Crippen LogP contribution in [0.25, 0.3) is 0 Å². The highest BCUT2D eigenvalue weighted by Crippen LogP contribution is 2.41. The molecule has 0 bridgehead atoms. The molecule has 8 heteroatoms. The second-order valence-corrected chi connectivity index (χ2v) is 7.70. The average Bonchev–Trinajstić information content (AvgIpc) is 2.56. The third-order valence-corrected chi connectivity index (χ3v) is 6.01. The van der Waals surface area contributed by atoms with Crippen LogP contribution in [0.2, 0.25) is 5.02 Å². The molecule has 3 rings (SSSR count). The van der Waals surface area contributed by atoms with Crippen molar-refractivity contribution in [1.29, 1.82) is 0 Å². The summed E-state index contributed by atoms with van der Waals surface area (Å²) in [5.74, 6) is -1.61. The van der Waals surface area contributed by atoms with Gasteiger partial charge in [0.2, 0.25) is 9.84 Å². The first-order chi connectivity index (χ1) is 11.8. The van der Waals surface area contributed by atoms with E-state index in [1.54, 1.807) is 18.2 Å². The normalized spacial score (nSPS) is 15.4. The predicted molar refractivity (Wildman–Crippen MR) is 92.0 cm³/mol. The molecule has 1 heterocycles. The highest BCUT2D eigenvalue weighted by atomic mass is 35.5. The third kappa shape index (κ3) is 2.89. The van der Waals surface area contributed by atoms with Crippen LogP contribution in [-0.4, -0.2) is 21.5 Å². The average molecular weight is 382 g/mol. The summed E-state index contributed by atoms with van der Waals surface area (Å²) in [6.07, 6.45) is 1.12. The van der Waals surface area contributed by atoms with Crippen molar-refractivity contribution in [3.05, 3.63) is 63.9 Å². The Balaban J connectivity index is 2.30. The van der Waals surface area contributed by atoms with Gasteiger partial charge in [0, 0.05) is 16.9 Å². The zero-order valence-corrected chi connectivity index (χ0v) is 14.9. The van der Waals surface area contributed by atoms with E-state index in [0.717, 1.165) is 37.1 Å². The maximum atomic E-state index is 13.7. The summed E-state index contributed by atoms with van der Waals surface area (Å²) in [5.41, 5.74) is 1.40. The number of methoxy groups -OCH3 is 1. The van der Waals surface area contributed by atoms with Crippen LogP contribution < -0.4 is 4.90 Å². The molecule has 0 saturated carbocycles. The molecule has 25 heavy (non-hydrogen) atoms. The molecular formula is C17H13ClFNO4S. The highest BCUT2D eigenvalue weighted by Gasteiger charge is 2.36. The lowest BCUT2D eigenvalue weighted by molar-refractivity contribution is -0.135. The summed E-state index contributed by atoms with van der Waals surface area (Å²) >= 11 is 6.14. The zero-order chi connectivity index (χ0) is 18.4. The maximum absolute atomic E-state index is 13.7. The Hall–Kier alpha value is -2.38. The fourth-order valence-electron chi connectivity index (χ4n) is 2.49. The third-order valence-electron chi connectivity index (χ3n) is 3.83. The van der Waals surface area contributed by atoms with Crippen LogP contribution in [0.15, 0.2) is 52.4 Å². The van der Waals surface area contributed by atoms with Gasteiger partial charge in [-0.3, -0.25) is 0 Å². The molecule has 0 atom stereocenters. The maximum Gasteiger partial charge on any atom is 0.351 e. The number of esters is 1. The van der Waals surface area contributed by atoms with E-state index < -0.39 is 26.5 Å². The molecule has 0 spiro atoms. The molecule has 1 aliphatic rings. The second kappa shape index (κ2) is 6.16. The number of fused-ring (bicyclic) bond motifs is 1. The largest absolute Gasteiger partial charge is 0.465 e. The van der Waals surface area contributed by atoms with E-state index in [1.807, 2.05) is 6.92 Å². The first kappa shape index (κ1) is 17.4. The number of sulfone groups is 1. The van der Waals surface area contributed by atoms with Gasteiger partial charge >= 0.3 is 5.97 Å². The standard InChI is InChI=1S/C17H13ClFNO4S/c1-10-3-5-12(8-13(10)18)20-9-16(17(21)24-2)25(22,23)15-6-4-11(19)7-14(15)20/h3-9H,1-2H3. The number of hydrogen-bond acceptors (Lipinski definition) is 5. The lowest BCUT2D eigenvalue weighted by atomic mass is 10.2. The molecule has 0 unspecified atom stereocenters. The van der Waals surface area contributed by atoms with E-state index in [9.17, 15) is 17.6 Å². The smallest absolute Gasteiger partial charge is 0.351 e. The number of benzene rings is 2. The van der Waals surface area contributed by atoms with Gasteiger partial charge in [-0.05, 0) is 42.8 Å². The van der Waals surface area contributed by atoms with Crippen molar-refractivity contribution in [3.8, 4) is 0 Å². The van der Waals surface area contributed by atoms with Gasteiger partial charge in [0.05, 0.1) is 17.7 Å². The molecule has 0 N–H and O–H groups in total. The zero-order valence-electron chi connectivity index (χ0n) is 13.3. The number of hydrogen-bond donors (Lipinski definition) is 0. The topological polar surface area (TPSA) is 63.7 Å². The lowest BCUT2D eigenvalue weighted by Gasteiger charge is -2.28. The van der Waals surface area contributed by atoms with Crippen LogP contribution >= 0.6 is 11.6 Å². The van der Waals surface area contributed by atoms with Crippen molar-refractivity contribution in [2.75, 3.05) is 12.0 Å². The van der Waals surface area contributed by atoms with Crippen molar-refractivity contribution in [1.82, 2.24) is 0 Å². The summed E-state index contributed by atoms with van der Waals surface area (Å²) < 4.78 is 43.7. The van der Waals surface area contributed by atoms with Crippen molar-refractivity contribution in [2.45, 2.75) is 11.8 Å². The van der Waals surface area contributed by atoms with Crippen LogP contribution in [0.3, 0.4) is 0 Å². The first-order valence-corrected chi connectivity index (χ1v) is 9.02. The molecular weight excluding hydrogens is 369 g/mol. The number of rotatable bonds is 2. The van der Waals surface area contributed by atoms with Crippen LogP contribution in [-0.2, 0) is 19.4 Å². The van der Waals surface area contributed by atoms with Gasteiger partial charge in [-0.25, -0.2) is 17.6 Å². The van der Waals surface area contributed by atoms with E-state index in [1.165, 1.54) is 4.90 Å². The number of halogens is 2. The molecule has 0 radical (unpaired) electrons. The highest BCUT2D eigenvalue weighted by molar-refractivity contribution is 7.96. The molecule has 2 aromatic carbocycles. The lowest BCUT2D eigenvalue weighted by Crippen LogP contribution is -2.26. The van der Waals surface area contributed by atoms with Gasteiger partial charge in [-0.2, -0.15) is 0 Å². The van der Waals surface area contributed by atoms with E-state index in [0.29, 0.717) is 10.7 Å². The van der Waals surface area contributed by atoms with Crippen LogP contribution in [0.4, 0.5) is 15.8 Å². The van der Waals surface area contributed by atoms with E-state index in [2.05, 4.69) is 4.74 Å². The molecule has 1 aliphatic heterocycles. The molecule has 5 nitrogen and oxygen atoms in total. The van der Waals surface area contributed by atoms with Crippen molar-refractivity contribution < 1.29 is 22.3 Å². The summed E-state index contributed by atoms with van der Waals surface area (Å²) in [6, 6.07) is 8.28. The number of carbonyl (C=O) groups is 1. The molecule has 2 aromatic rings. The minimum Gasteiger partial charge on any atom is -0.465 e. The number of anilines is 2. The van der Waals surface area contributed by atoms with Gasteiger partial charge < -0.3 is 9.64 Å². The Labute approximate surface area is 149 Å². The number of aryl methyl sites for hydroxylation is 1. The molecule has 0 aliphatic carbocycles. The molecule has 0 aromatic heterocycles. The van der Waals surface area contributed by atoms with Crippen molar-refractivity contribution in [3.63, 3.8) is 0 Å². The van der Waals surface area contributed by atoms with E-state index in [-0.39, 0.29) is 10.6 Å². The predicted octanol–water partition coefficient (Wildman–Crippen LogP) is 3.73. The summed E-state index contributed by atoms with van der Waals surface area (Å²) in [7, 11) is -3.04. The second-order valence-electron chi connectivity index (χ2n) is 5.40. The van der Waals surface area contributed by atoms with Crippen molar-refractivity contribution >= 4 is 38.8 Å². The minimum atomic E-state index is -4.12. The summed E-state index contributed by atoms with van der Waals surface area (Å²) in [6.45, 7) is 1.82. The van der Waals surface area contributed by atoms with Gasteiger partial charge in [0.1, 0.15) is 5.82 Å². The molecule has 0 fully saturated rings. The fraction of sp³-hybridized carbons (Fsp3) is 0.118. The Morgan fingerprint density at radius 1 is 1.20 bits per heavy atom. The van der Waals surface area contributed by atoms with E-state index >= 15 is 0 Å².